The second kappa shape index (κ2) is 6.99. The average Bonchev–Trinajstić information content (AvgIpc) is 3.00. The molecule has 142 valence electrons. The summed E-state index contributed by atoms with van der Waals surface area (Å²) in [7, 11) is -3.87. The number of amides is 1. The van der Waals surface area contributed by atoms with Gasteiger partial charge < -0.3 is 9.72 Å². The van der Waals surface area contributed by atoms with Crippen molar-refractivity contribution >= 4 is 32.9 Å². The number of rotatable bonds is 4. The molecule has 27 heavy (non-hydrogen) atoms. The number of ether oxygens (including phenoxy) is 1. The number of fused-ring (bicyclic) bond motifs is 1. The Hall–Kier alpha value is -2.94. The third-order valence-electron chi connectivity index (χ3n) is 3.47. The number of carbonyl (C=O) groups is 1. The van der Waals surface area contributed by atoms with Crippen molar-refractivity contribution in [3.8, 4) is 0 Å². The van der Waals surface area contributed by atoms with Crippen LogP contribution in [0.4, 0.5) is 10.6 Å². The lowest BCUT2D eigenvalue weighted by atomic mass is 10.2. The SMILES string of the molecule is CC(C)(C)OC(=O)Nc1nc2cc[nH]c2nc1S(=O)(=O)Cc1ccccc1. The number of H-pyrrole nitrogens is 1. The van der Waals surface area contributed by atoms with Crippen LogP contribution in [0.3, 0.4) is 0 Å². The van der Waals surface area contributed by atoms with Gasteiger partial charge in [-0.2, -0.15) is 0 Å². The van der Waals surface area contributed by atoms with E-state index in [0.717, 1.165) is 0 Å². The summed E-state index contributed by atoms with van der Waals surface area (Å²) < 4.78 is 31.1. The molecule has 0 aliphatic carbocycles. The van der Waals surface area contributed by atoms with Crippen LogP contribution in [-0.2, 0) is 20.3 Å². The molecule has 0 aliphatic rings. The number of anilines is 1. The molecule has 0 fully saturated rings. The molecule has 8 nitrogen and oxygen atoms in total. The predicted molar refractivity (Wildman–Crippen MR) is 101 cm³/mol. The van der Waals surface area contributed by atoms with E-state index < -0.39 is 21.5 Å². The van der Waals surface area contributed by atoms with Gasteiger partial charge in [-0.15, -0.1) is 0 Å². The van der Waals surface area contributed by atoms with Gasteiger partial charge in [0.25, 0.3) is 0 Å². The van der Waals surface area contributed by atoms with Crippen LogP contribution in [0.2, 0.25) is 0 Å². The van der Waals surface area contributed by atoms with Crippen LogP contribution >= 0.6 is 0 Å². The smallest absolute Gasteiger partial charge is 0.413 e. The van der Waals surface area contributed by atoms with Gasteiger partial charge in [-0.25, -0.2) is 23.2 Å². The Morgan fingerprint density at radius 1 is 1.15 bits per heavy atom. The van der Waals surface area contributed by atoms with Crippen molar-refractivity contribution < 1.29 is 17.9 Å². The molecule has 0 atom stereocenters. The fourth-order valence-electron chi connectivity index (χ4n) is 2.42. The summed E-state index contributed by atoms with van der Waals surface area (Å²) in [5, 5.41) is 2.10. The molecule has 2 heterocycles. The second-order valence-electron chi connectivity index (χ2n) is 6.96. The highest BCUT2D eigenvalue weighted by atomic mass is 32.2. The molecule has 0 saturated carbocycles. The maximum absolute atomic E-state index is 12.9. The Morgan fingerprint density at radius 2 is 1.85 bits per heavy atom. The Balaban J connectivity index is 2.01. The molecule has 0 radical (unpaired) electrons. The predicted octanol–water partition coefficient (Wildman–Crippen LogP) is 3.28. The van der Waals surface area contributed by atoms with Crippen molar-refractivity contribution in [2.75, 3.05) is 5.32 Å². The highest BCUT2D eigenvalue weighted by molar-refractivity contribution is 7.90. The van der Waals surface area contributed by atoms with Gasteiger partial charge in [0.15, 0.2) is 11.5 Å². The molecule has 2 aromatic heterocycles. The first-order chi connectivity index (χ1) is 12.6. The van der Waals surface area contributed by atoms with Crippen LogP contribution in [-0.4, -0.2) is 35.1 Å². The first kappa shape index (κ1) is 18.8. The summed E-state index contributed by atoms with van der Waals surface area (Å²) in [6.07, 6.45) is 0.790. The van der Waals surface area contributed by atoms with Gasteiger partial charge in [0.05, 0.1) is 5.75 Å². The summed E-state index contributed by atoms with van der Waals surface area (Å²) >= 11 is 0. The van der Waals surface area contributed by atoms with Crippen LogP contribution in [0.25, 0.3) is 11.2 Å². The third kappa shape index (κ3) is 4.62. The summed E-state index contributed by atoms with van der Waals surface area (Å²) in [6, 6.07) is 10.4. The largest absolute Gasteiger partial charge is 0.444 e. The monoisotopic (exact) mass is 388 g/mol. The number of nitrogens with one attached hydrogen (secondary N) is 2. The number of nitrogens with zero attached hydrogens (tertiary/aromatic N) is 2. The molecule has 0 spiro atoms. The minimum atomic E-state index is -3.87. The zero-order chi connectivity index (χ0) is 19.7. The molecule has 9 heteroatoms. The molecule has 1 amide bonds. The van der Waals surface area contributed by atoms with Gasteiger partial charge in [0.2, 0.25) is 14.9 Å². The lowest BCUT2D eigenvalue weighted by Gasteiger charge is -2.20. The topological polar surface area (TPSA) is 114 Å². The number of carbonyl (C=O) groups excluding carboxylic acids is 1. The molecule has 2 N–H and O–H groups in total. The minimum Gasteiger partial charge on any atom is -0.444 e. The Morgan fingerprint density at radius 3 is 2.52 bits per heavy atom. The summed E-state index contributed by atoms with van der Waals surface area (Å²) in [5.74, 6) is -0.426. The van der Waals surface area contributed by atoms with E-state index in [-0.39, 0.29) is 16.6 Å². The maximum Gasteiger partial charge on any atom is 0.413 e. The molecule has 0 unspecified atom stereocenters. The molecular formula is C18H20N4O4S. The van der Waals surface area contributed by atoms with E-state index in [1.165, 1.54) is 0 Å². The van der Waals surface area contributed by atoms with Gasteiger partial charge in [0.1, 0.15) is 11.1 Å². The van der Waals surface area contributed by atoms with Crippen LogP contribution in [0.15, 0.2) is 47.6 Å². The van der Waals surface area contributed by atoms with Gasteiger partial charge in [-0.05, 0) is 32.4 Å². The van der Waals surface area contributed by atoms with E-state index >= 15 is 0 Å². The van der Waals surface area contributed by atoms with E-state index in [9.17, 15) is 13.2 Å². The van der Waals surface area contributed by atoms with Crippen LogP contribution < -0.4 is 5.32 Å². The lowest BCUT2D eigenvalue weighted by Crippen LogP contribution is -2.28. The van der Waals surface area contributed by atoms with Crippen molar-refractivity contribution in [2.24, 2.45) is 0 Å². The van der Waals surface area contributed by atoms with E-state index in [0.29, 0.717) is 16.7 Å². The maximum atomic E-state index is 12.9. The zero-order valence-electron chi connectivity index (χ0n) is 15.2. The number of hydrogen-bond acceptors (Lipinski definition) is 6. The van der Waals surface area contributed by atoms with E-state index in [1.54, 1.807) is 63.4 Å². The van der Waals surface area contributed by atoms with Crippen molar-refractivity contribution in [1.29, 1.82) is 0 Å². The minimum absolute atomic E-state index is 0.160. The van der Waals surface area contributed by atoms with Gasteiger partial charge >= 0.3 is 6.09 Å². The van der Waals surface area contributed by atoms with E-state index in [1.807, 2.05) is 0 Å². The fraction of sp³-hybridized carbons (Fsp3) is 0.278. The van der Waals surface area contributed by atoms with Gasteiger partial charge in [-0.3, -0.25) is 5.32 Å². The molecule has 0 saturated heterocycles. The quantitative estimate of drug-likeness (QED) is 0.709. The normalized spacial score (nSPS) is 12.1. The van der Waals surface area contributed by atoms with E-state index in [2.05, 4.69) is 20.3 Å². The molecule has 3 rings (SSSR count). The Labute approximate surface area is 156 Å². The first-order valence-electron chi connectivity index (χ1n) is 8.26. The standard InChI is InChI=1S/C18H20N4O4S/c1-18(2,3)26-17(23)22-15-16(21-14-13(20-15)9-10-19-14)27(24,25)11-12-7-5-4-6-8-12/h4-10H,11H2,1-3H3,(H,19,21)(H,20,22,23). The van der Waals surface area contributed by atoms with Crippen molar-refractivity contribution in [1.82, 2.24) is 15.0 Å². The highest BCUT2D eigenvalue weighted by Crippen LogP contribution is 2.24. The van der Waals surface area contributed by atoms with Crippen LogP contribution in [0, 0.1) is 0 Å². The molecular weight excluding hydrogens is 368 g/mol. The Bertz CT molecular complexity index is 1070. The van der Waals surface area contributed by atoms with Crippen LogP contribution in [0.5, 0.6) is 0 Å². The van der Waals surface area contributed by atoms with Gasteiger partial charge in [0, 0.05) is 6.20 Å². The van der Waals surface area contributed by atoms with Gasteiger partial charge in [-0.1, -0.05) is 30.3 Å². The molecule has 0 aliphatic heterocycles. The lowest BCUT2D eigenvalue weighted by molar-refractivity contribution is 0.0635. The summed E-state index contributed by atoms with van der Waals surface area (Å²) in [6.45, 7) is 5.13. The van der Waals surface area contributed by atoms with Crippen molar-refractivity contribution in [2.45, 2.75) is 37.2 Å². The fourth-order valence-corrected chi connectivity index (χ4v) is 3.81. The molecule has 0 bridgehead atoms. The third-order valence-corrected chi connectivity index (χ3v) is 5.05. The number of aromatic nitrogens is 3. The van der Waals surface area contributed by atoms with Crippen molar-refractivity contribution in [3.05, 3.63) is 48.2 Å². The first-order valence-corrected chi connectivity index (χ1v) is 9.91. The number of benzene rings is 1. The van der Waals surface area contributed by atoms with Crippen molar-refractivity contribution in [3.63, 3.8) is 0 Å². The Kier molecular flexibility index (Phi) is 4.88. The number of hydrogen-bond donors (Lipinski definition) is 2. The average molecular weight is 388 g/mol. The highest BCUT2D eigenvalue weighted by Gasteiger charge is 2.26. The zero-order valence-corrected chi connectivity index (χ0v) is 16.0. The molecule has 3 aromatic rings. The van der Waals surface area contributed by atoms with E-state index in [4.69, 9.17) is 4.74 Å². The summed E-state index contributed by atoms with van der Waals surface area (Å²) in [4.78, 5) is 23.4. The second-order valence-corrected chi connectivity index (χ2v) is 8.87. The number of aromatic amines is 1. The number of sulfone groups is 1. The van der Waals surface area contributed by atoms with Crippen LogP contribution in [0.1, 0.15) is 26.3 Å². The molecule has 1 aromatic carbocycles. The summed E-state index contributed by atoms with van der Waals surface area (Å²) in [5.41, 5.74) is 0.615.